The molecule has 0 amide bonds. The highest BCUT2D eigenvalue weighted by Crippen LogP contribution is 2.39. The minimum atomic E-state index is -0.944. The van der Waals surface area contributed by atoms with Gasteiger partial charge in [-0.05, 0) is 97.2 Å². The fourth-order valence-corrected chi connectivity index (χ4v) is 5.46. The zero-order valence-corrected chi connectivity index (χ0v) is 27.2. The van der Waals surface area contributed by atoms with Crippen LogP contribution in [0.25, 0.3) is 0 Å². The van der Waals surface area contributed by atoms with Crippen molar-refractivity contribution in [3.05, 3.63) is 82.9 Å². The second kappa shape index (κ2) is 16.5. The lowest BCUT2D eigenvalue weighted by Gasteiger charge is -2.26. The van der Waals surface area contributed by atoms with Crippen LogP contribution in [0, 0.1) is 11.8 Å². The first-order valence-corrected chi connectivity index (χ1v) is 15.4. The number of methoxy groups -OCH3 is 2. The maximum absolute atomic E-state index is 12.9. The van der Waals surface area contributed by atoms with Crippen molar-refractivity contribution in [2.75, 3.05) is 27.4 Å². The van der Waals surface area contributed by atoms with Gasteiger partial charge in [0.1, 0.15) is 0 Å². The van der Waals surface area contributed by atoms with Crippen molar-refractivity contribution < 1.29 is 69.4 Å². The number of rotatable bonds is 15. The largest absolute Gasteiger partial charge is 0.504 e. The molecule has 0 radical (unpaired) electrons. The van der Waals surface area contributed by atoms with Gasteiger partial charge in [-0.2, -0.15) is 0 Å². The third kappa shape index (κ3) is 8.78. The maximum Gasteiger partial charge on any atom is 0.343 e. The fraction of sp³-hybridized carbons (Fsp3) is 0.278. The summed E-state index contributed by atoms with van der Waals surface area (Å²) in [6.45, 7) is -0.327. The number of benzene rings is 4. The van der Waals surface area contributed by atoms with Crippen LogP contribution in [-0.4, -0.2) is 80.2 Å². The Morgan fingerprint density at radius 3 is 1.34 bits per heavy atom. The number of carbonyl (C=O) groups is 2. The number of hydrogen-bond acceptors (Lipinski definition) is 14. The van der Waals surface area contributed by atoms with Crippen LogP contribution in [0.3, 0.4) is 0 Å². The molecule has 14 heteroatoms. The standard InChI is InChI=1S/C36H38O14/c1-47-29-7-5-19(12-31(29)49-35(45)22-14-25(39)33(43)26(40)15-22)10-21(4-3-9-37)24(18-38)11-20-6-8-30(48-2)32(13-20)50-36(46)23-16-27(41)34(44)28(42)17-23/h5-8,12-17,21,24,37-44H,3-4,9-11,18H2,1-2H3/t21-,24+/m1/s1. The van der Waals surface area contributed by atoms with Crippen molar-refractivity contribution in [2.24, 2.45) is 11.8 Å². The topological polar surface area (TPSA) is 233 Å². The third-order valence-corrected chi connectivity index (χ3v) is 8.10. The Hall–Kier alpha value is -5.86. The molecule has 0 aliphatic rings. The van der Waals surface area contributed by atoms with Crippen LogP contribution < -0.4 is 18.9 Å². The predicted octanol–water partition coefficient (Wildman–Crippen LogP) is 4.16. The molecule has 4 aromatic rings. The first kappa shape index (κ1) is 37.0. The summed E-state index contributed by atoms with van der Waals surface area (Å²) in [6.07, 6.45) is 1.64. The average Bonchev–Trinajstić information content (AvgIpc) is 3.10. The van der Waals surface area contributed by atoms with Crippen LogP contribution in [0.15, 0.2) is 60.7 Å². The minimum Gasteiger partial charge on any atom is -0.504 e. The van der Waals surface area contributed by atoms with Crippen molar-refractivity contribution in [3.63, 3.8) is 0 Å². The molecule has 0 spiro atoms. The minimum absolute atomic E-state index is 0.0301. The summed E-state index contributed by atoms with van der Waals surface area (Å²) in [4.78, 5) is 25.7. The third-order valence-electron chi connectivity index (χ3n) is 8.10. The normalized spacial score (nSPS) is 12.2. The summed E-state index contributed by atoms with van der Waals surface area (Å²) < 4.78 is 21.7. The Morgan fingerprint density at radius 1 is 0.580 bits per heavy atom. The molecule has 0 fully saturated rings. The summed E-state index contributed by atoms with van der Waals surface area (Å²) in [6, 6.07) is 13.6. The molecular weight excluding hydrogens is 656 g/mol. The molecule has 0 heterocycles. The van der Waals surface area contributed by atoms with Gasteiger partial charge in [0.2, 0.25) is 0 Å². The van der Waals surface area contributed by atoms with E-state index in [1.807, 2.05) is 0 Å². The van der Waals surface area contributed by atoms with E-state index in [9.17, 15) is 50.4 Å². The van der Waals surface area contributed by atoms with E-state index in [2.05, 4.69) is 0 Å². The van der Waals surface area contributed by atoms with Crippen molar-refractivity contribution in [2.45, 2.75) is 25.7 Å². The highest BCUT2D eigenvalue weighted by Gasteiger charge is 2.25. The lowest BCUT2D eigenvalue weighted by atomic mass is 9.80. The lowest BCUT2D eigenvalue weighted by Crippen LogP contribution is -2.24. The number of aromatic hydroxyl groups is 6. The molecule has 0 saturated carbocycles. The van der Waals surface area contributed by atoms with Gasteiger partial charge >= 0.3 is 11.9 Å². The number of carbonyl (C=O) groups excluding carboxylic acids is 2. The Labute approximate surface area is 286 Å². The molecule has 0 unspecified atom stereocenters. The molecule has 0 bridgehead atoms. The first-order valence-electron chi connectivity index (χ1n) is 15.4. The summed E-state index contributed by atoms with van der Waals surface area (Å²) in [5.74, 6) is -6.34. The summed E-state index contributed by atoms with van der Waals surface area (Å²) in [7, 11) is 2.76. The number of aliphatic hydroxyl groups is 2. The van der Waals surface area contributed by atoms with E-state index < -0.39 is 46.4 Å². The van der Waals surface area contributed by atoms with Crippen LogP contribution >= 0.6 is 0 Å². The quantitative estimate of drug-likeness (QED) is 0.0496. The molecule has 266 valence electrons. The zero-order chi connectivity index (χ0) is 36.5. The average molecular weight is 695 g/mol. The molecule has 14 nitrogen and oxygen atoms in total. The van der Waals surface area contributed by atoms with Crippen LogP contribution in [-0.2, 0) is 12.8 Å². The second-order valence-corrected chi connectivity index (χ2v) is 11.5. The molecule has 0 aliphatic heterocycles. The monoisotopic (exact) mass is 694 g/mol. The van der Waals surface area contributed by atoms with Gasteiger partial charge < -0.3 is 59.8 Å². The van der Waals surface area contributed by atoms with Gasteiger partial charge in [0.05, 0.1) is 25.3 Å². The number of phenolic OH excluding ortho intramolecular Hbond substituents is 6. The molecule has 0 aromatic heterocycles. The molecule has 4 rings (SSSR count). The van der Waals surface area contributed by atoms with E-state index in [1.54, 1.807) is 36.4 Å². The van der Waals surface area contributed by atoms with E-state index in [-0.39, 0.29) is 59.2 Å². The maximum atomic E-state index is 12.9. The van der Waals surface area contributed by atoms with Crippen molar-refractivity contribution in [1.29, 1.82) is 0 Å². The van der Waals surface area contributed by atoms with Gasteiger partial charge in [0, 0.05) is 13.2 Å². The first-order chi connectivity index (χ1) is 23.9. The molecule has 50 heavy (non-hydrogen) atoms. The highest BCUT2D eigenvalue weighted by atomic mass is 16.6. The van der Waals surface area contributed by atoms with Crippen LogP contribution in [0.4, 0.5) is 0 Å². The predicted molar refractivity (Wildman–Crippen MR) is 177 cm³/mol. The fourth-order valence-electron chi connectivity index (χ4n) is 5.46. The van der Waals surface area contributed by atoms with Crippen molar-refractivity contribution in [1.82, 2.24) is 0 Å². The van der Waals surface area contributed by atoms with E-state index in [0.29, 0.717) is 36.8 Å². The van der Waals surface area contributed by atoms with Gasteiger partial charge in [-0.25, -0.2) is 9.59 Å². The Balaban J connectivity index is 1.56. The second-order valence-electron chi connectivity index (χ2n) is 11.5. The van der Waals surface area contributed by atoms with Gasteiger partial charge in [-0.1, -0.05) is 12.1 Å². The van der Waals surface area contributed by atoms with Crippen molar-refractivity contribution in [3.8, 4) is 57.5 Å². The van der Waals surface area contributed by atoms with Gasteiger partial charge in [0.25, 0.3) is 0 Å². The van der Waals surface area contributed by atoms with E-state index in [0.717, 1.165) is 24.3 Å². The van der Waals surface area contributed by atoms with E-state index in [4.69, 9.17) is 18.9 Å². The Kier molecular flexibility index (Phi) is 12.2. The van der Waals surface area contributed by atoms with Crippen LogP contribution in [0.2, 0.25) is 0 Å². The SMILES string of the molecule is COc1ccc(C[C@@H](CO)[C@H](CCCO)Cc2ccc(OC)c(OC(=O)c3cc(O)c(O)c(O)c3)c2)cc1OC(=O)c1cc(O)c(O)c(O)c1. The molecule has 0 saturated heterocycles. The molecule has 0 aliphatic carbocycles. The number of phenols is 6. The lowest BCUT2D eigenvalue weighted by molar-refractivity contribution is 0.0719. The molecule has 8 N–H and O–H groups in total. The summed E-state index contributed by atoms with van der Waals surface area (Å²) >= 11 is 0. The smallest absolute Gasteiger partial charge is 0.343 e. The molecule has 2 atom stereocenters. The van der Waals surface area contributed by atoms with Gasteiger partial charge in [-0.3, -0.25) is 0 Å². The number of esters is 2. The zero-order valence-electron chi connectivity index (χ0n) is 27.2. The van der Waals surface area contributed by atoms with Crippen LogP contribution in [0.1, 0.15) is 44.7 Å². The molecular formula is C36H38O14. The van der Waals surface area contributed by atoms with Gasteiger partial charge in [0.15, 0.2) is 57.5 Å². The van der Waals surface area contributed by atoms with Gasteiger partial charge in [-0.15, -0.1) is 0 Å². The number of hydrogen-bond donors (Lipinski definition) is 8. The summed E-state index contributed by atoms with van der Waals surface area (Å²) in [5.41, 5.74) is 0.917. The highest BCUT2D eigenvalue weighted by molar-refractivity contribution is 5.93. The Bertz CT molecular complexity index is 1790. The Morgan fingerprint density at radius 2 is 0.980 bits per heavy atom. The number of aliphatic hydroxyl groups excluding tert-OH is 2. The molecule has 4 aromatic carbocycles. The van der Waals surface area contributed by atoms with E-state index in [1.165, 1.54) is 14.2 Å². The number of ether oxygens (including phenoxy) is 4. The van der Waals surface area contributed by atoms with Crippen LogP contribution in [0.5, 0.6) is 57.5 Å². The summed E-state index contributed by atoms with van der Waals surface area (Å²) in [5, 5.41) is 78.6. The van der Waals surface area contributed by atoms with Crippen molar-refractivity contribution >= 4 is 11.9 Å². The van der Waals surface area contributed by atoms with E-state index >= 15 is 0 Å².